The summed E-state index contributed by atoms with van der Waals surface area (Å²) in [6.45, 7) is 0.159. The molecule has 0 aliphatic heterocycles. The van der Waals surface area contributed by atoms with Crippen molar-refractivity contribution < 1.29 is 19.4 Å². The van der Waals surface area contributed by atoms with E-state index in [1.807, 2.05) is 36.4 Å². The average Bonchev–Trinajstić information content (AvgIpc) is 3.00. The van der Waals surface area contributed by atoms with E-state index in [4.69, 9.17) is 9.84 Å². The van der Waals surface area contributed by atoms with Crippen molar-refractivity contribution in [2.24, 2.45) is 0 Å². The van der Waals surface area contributed by atoms with Crippen LogP contribution < -0.4 is 5.32 Å². The molecule has 7 nitrogen and oxygen atoms in total. The molecule has 1 amide bonds. The monoisotopic (exact) mass is 361 g/mol. The van der Waals surface area contributed by atoms with Gasteiger partial charge in [-0.1, -0.05) is 48.5 Å². The first-order valence-corrected chi connectivity index (χ1v) is 8.31. The standard InChI is InChI=1S/C20H15N3O4/c24-19(25)17-9-21-10-18(22-17)23-20(26)27-11-16-14-7-3-1-5-12(14)13-6-2-4-8-15(13)16/h1-10,16H,11H2,(H,24,25)(H,22,23,26). The van der Waals surface area contributed by atoms with Crippen LogP contribution >= 0.6 is 0 Å². The number of rotatable bonds is 4. The van der Waals surface area contributed by atoms with Gasteiger partial charge in [0, 0.05) is 5.92 Å². The van der Waals surface area contributed by atoms with Gasteiger partial charge in [-0.2, -0.15) is 0 Å². The van der Waals surface area contributed by atoms with E-state index in [0.717, 1.165) is 28.5 Å². The summed E-state index contributed by atoms with van der Waals surface area (Å²) in [4.78, 5) is 30.6. The molecule has 0 saturated heterocycles. The lowest BCUT2D eigenvalue weighted by Gasteiger charge is -2.14. The highest BCUT2D eigenvalue weighted by Crippen LogP contribution is 2.44. The molecule has 1 aromatic heterocycles. The van der Waals surface area contributed by atoms with Crippen LogP contribution in [0.3, 0.4) is 0 Å². The van der Waals surface area contributed by atoms with Gasteiger partial charge < -0.3 is 9.84 Å². The summed E-state index contributed by atoms with van der Waals surface area (Å²) in [5, 5.41) is 11.3. The van der Waals surface area contributed by atoms with E-state index in [0.29, 0.717) is 0 Å². The summed E-state index contributed by atoms with van der Waals surface area (Å²) in [6, 6.07) is 16.1. The van der Waals surface area contributed by atoms with Crippen molar-refractivity contribution >= 4 is 17.9 Å². The molecule has 0 radical (unpaired) electrons. The van der Waals surface area contributed by atoms with Crippen LogP contribution in [0.1, 0.15) is 27.5 Å². The van der Waals surface area contributed by atoms with Crippen molar-refractivity contribution in [2.45, 2.75) is 5.92 Å². The number of carbonyl (C=O) groups excluding carboxylic acids is 1. The highest BCUT2D eigenvalue weighted by Gasteiger charge is 2.29. The molecule has 0 atom stereocenters. The summed E-state index contributed by atoms with van der Waals surface area (Å²) in [7, 11) is 0. The number of anilines is 1. The second-order valence-corrected chi connectivity index (χ2v) is 6.05. The van der Waals surface area contributed by atoms with E-state index in [9.17, 15) is 9.59 Å². The Bertz CT molecular complexity index is 989. The minimum absolute atomic E-state index is 0.0205. The second kappa shape index (κ2) is 6.87. The molecule has 2 aromatic carbocycles. The first-order valence-electron chi connectivity index (χ1n) is 8.31. The van der Waals surface area contributed by atoms with Crippen molar-refractivity contribution in [1.82, 2.24) is 9.97 Å². The van der Waals surface area contributed by atoms with Crippen LogP contribution in [0.5, 0.6) is 0 Å². The molecule has 1 heterocycles. The first-order chi connectivity index (χ1) is 13.1. The molecule has 1 aliphatic carbocycles. The van der Waals surface area contributed by atoms with Crippen LogP contribution in [0, 0.1) is 0 Å². The number of benzene rings is 2. The maximum absolute atomic E-state index is 12.1. The number of carboxylic acid groups (broad SMARTS) is 1. The van der Waals surface area contributed by atoms with Crippen molar-refractivity contribution in [3.63, 3.8) is 0 Å². The van der Waals surface area contributed by atoms with E-state index in [2.05, 4.69) is 27.4 Å². The topological polar surface area (TPSA) is 101 Å². The van der Waals surface area contributed by atoms with E-state index >= 15 is 0 Å². The van der Waals surface area contributed by atoms with Gasteiger partial charge in [-0.3, -0.25) is 10.3 Å². The van der Waals surface area contributed by atoms with Gasteiger partial charge >= 0.3 is 12.1 Å². The number of hydrogen-bond acceptors (Lipinski definition) is 5. The third-order valence-corrected chi connectivity index (χ3v) is 4.43. The normalized spacial score (nSPS) is 12.1. The number of hydrogen-bond donors (Lipinski definition) is 2. The Morgan fingerprint density at radius 2 is 1.63 bits per heavy atom. The zero-order chi connectivity index (χ0) is 18.8. The molecular weight excluding hydrogens is 346 g/mol. The molecule has 134 valence electrons. The smallest absolute Gasteiger partial charge is 0.412 e. The van der Waals surface area contributed by atoms with Gasteiger partial charge in [0.15, 0.2) is 11.5 Å². The highest BCUT2D eigenvalue weighted by molar-refractivity contribution is 5.87. The summed E-state index contributed by atoms with van der Waals surface area (Å²) in [5.41, 5.74) is 4.24. The molecule has 4 rings (SSSR count). The number of ether oxygens (including phenoxy) is 1. The number of nitrogens with one attached hydrogen (secondary N) is 1. The third-order valence-electron chi connectivity index (χ3n) is 4.43. The van der Waals surface area contributed by atoms with Gasteiger partial charge in [0.2, 0.25) is 0 Å². The fourth-order valence-corrected chi connectivity index (χ4v) is 3.27. The van der Waals surface area contributed by atoms with Crippen LogP contribution in [0.4, 0.5) is 10.6 Å². The molecule has 0 spiro atoms. The minimum Gasteiger partial charge on any atom is -0.476 e. The quantitative estimate of drug-likeness (QED) is 0.737. The Morgan fingerprint density at radius 3 is 2.26 bits per heavy atom. The molecular formula is C20H15N3O4. The van der Waals surface area contributed by atoms with Crippen molar-refractivity contribution in [2.75, 3.05) is 11.9 Å². The minimum atomic E-state index is -1.22. The molecule has 0 saturated carbocycles. The van der Waals surface area contributed by atoms with Crippen LogP contribution in [0.15, 0.2) is 60.9 Å². The first kappa shape index (κ1) is 16.7. The van der Waals surface area contributed by atoms with Crippen molar-refractivity contribution in [1.29, 1.82) is 0 Å². The predicted molar refractivity (Wildman–Crippen MR) is 97.7 cm³/mol. The lowest BCUT2D eigenvalue weighted by Crippen LogP contribution is -2.19. The summed E-state index contributed by atoms with van der Waals surface area (Å²) >= 11 is 0. The van der Waals surface area contributed by atoms with E-state index < -0.39 is 12.1 Å². The third kappa shape index (κ3) is 3.22. The number of carboxylic acids is 1. The number of nitrogens with zero attached hydrogens (tertiary/aromatic N) is 2. The predicted octanol–water partition coefficient (Wildman–Crippen LogP) is 3.54. The lowest BCUT2D eigenvalue weighted by molar-refractivity contribution is 0.0690. The fraction of sp³-hybridized carbons (Fsp3) is 0.100. The van der Waals surface area contributed by atoms with E-state index in [1.54, 1.807) is 0 Å². The fourth-order valence-electron chi connectivity index (χ4n) is 3.27. The Kier molecular flexibility index (Phi) is 4.25. The lowest BCUT2D eigenvalue weighted by atomic mass is 9.98. The van der Waals surface area contributed by atoms with Gasteiger partial charge in [0.1, 0.15) is 6.61 Å². The van der Waals surface area contributed by atoms with Gasteiger partial charge in [-0.05, 0) is 22.3 Å². The number of fused-ring (bicyclic) bond motifs is 3. The SMILES string of the molecule is O=C(Nc1cncc(C(=O)O)n1)OCC1c2ccccc2-c2ccccc21. The zero-order valence-electron chi connectivity index (χ0n) is 14.1. The Hall–Kier alpha value is -3.74. The maximum Gasteiger partial charge on any atom is 0.412 e. The van der Waals surface area contributed by atoms with Gasteiger partial charge in [0.05, 0.1) is 12.4 Å². The molecule has 27 heavy (non-hydrogen) atoms. The van der Waals surface area contributed by atoms with E-state index in [1.165, 1.54) is 6.20 Å². The van der Waals surface area contributed by atoms with E-state index in [-0.39, 0.29) is 24.0 Å². The van der Waals surface area contributed by atoms with Crippen molar-refractivity contribution in [3.05, 3.63) is 77.7 Å². The highest BCUT2D eigenvalue weighted by atomic mass is 16.5. The summed E-state index contributed by atoms with van der Waals surface area (Å²) < 4.78 is 5.38. The molecule has 0 fully saturated rings. The Morgan fingerprint density at radius 1 is 1.00 bits per heavy atom. The summed E-state index contributed by atoms with van der Waals surface area (Å²) in [5.74, 6) is -1.26. The second-order valence-electron chi connectivity index (χ2n) is 6.05. The molecule has 0 unspecified atom stereocenters. The van der Waals surface area contributed by atoms with Crippen LogP contribution in [-0.4, -0.2) is 33.7 Å². The molecule has 7 heteroatoms. The van der Waals surface area contributed by atoms with Crippen LogP contribution in [0.25, 0.3) is 11.1 Å². The molecule has 3 aromatic rings. The molecule has 0 bridgehead atoms. The number of amides is 1. The number of aromatic nitrogens is 2. The largest absolute Gasteiger partial charge is 0.476 e. The average molecular weight is 361 g/mol. The van der Waals surface area contributed by atoms with Crippen LogP contribution in [-0.2, 0) is 4.74 Å². The zero-order valence-corrected chi connectivity index (χ0v) is 14.1. The molecule has 1 aliphatic rings. The molecule has 2 N–H and O–H groups in total. The van der Waals surface area contributed by atoms with Crippen molar-refractivity contribution in [3.8, 4) is 11.1 Å². The number of aromatic carboxylic acids is 1. The Balaban J connectivity index is 1.48. The summed E-state index contributed by atoms with van der Waals surface area (Å²) in [6.07, 6.45) is 1.65. The Labute approximate surface area is 154 Å². The van der Waals surface area contributed by atoms with Gasteiger partial charge in [-0.25, -0.2) is 14.6 Å². The van der Waals surface area contributed by atoms with Crippen LogP contribution in [0.2, 0.25) is 0 Å². The van der Waals surface area contributed by atoms with Gasteiger partial charge in [0.25, 0.3) is 0 Å². The maximum atomic E-state index is 12.1. The van der Waals surface area contributed by atoms with Gasteiger partial charge in [-0.15, -0.1) is 0 Å². The number of carbonyl (C=O) groups is 2.